The fourth-order valence-corrected chi connectivity index (χ4v) is 1.45. The van der Waals surface area contributed by atoms with Crippen molar-refractivity contribution in [2.75, 3.05) is 0 Å². The van der Waals surface area contributed by atoms with Crippen molar-refractivity contribution in [1.29, 1.82) is 0 Å². The van der Waals surface area contributed by atoms with Crippen molar-refractivity contribution in [3.05, 3.63) is 40.6 Å². The summed E-state index contributed by atoms with van der Waals surface area (Å²) >= 11 is 5.92. The maximum Gasteiger partial charge on any atom is 0.161 e. The number of rotatable bonds is 0. The van der Waals surface area contributed by atoms with E-state index in [1.165, 1.54) is 6.20 Å². The molecule has 72 valence electrons. The summed E-state index contributed by atoms with van der Waals surface area (Å²) in [7, 11) is 0. The third kappa shape index (κ3) is 1.34. The minimum atomic E-state index is -0.912. The number of aromatic nitrogens is 1. The van der Waals surface area contributed by atoms with Gasteiger partial charge < -0.3 is 0 Å². The predicted molar refractivity (Wildman–Crippen MR) is 51.4 cm³/mol. The number of benzene rings is 1. The summed E-state index contributed by atoms with van der Waals surface area (Å²) < 4.78 is 25.7. The third-order valence-corrected chi connectivity index (χ3v) is 2.52. The van der Waals surface area contributed by atoms with Gasteiger partial charge in [0, 0.05) is 17.6 Å². The molecule has 2 rings (SSSR count). The first-order valence-corrected chi connectivity index (χ1v) is 4.37. The molecule has 14 heavy (non-hydrogen) atoms. The molecule has 0 amide bonds. The quantitative estimate of drug-likeness (QED) is 0.653. The highest BCUT2D eigenvalue weighted by molar-refractivity contribution is 6.36. The Labute approximate surface area is 84.3 Å². The summed E-state index contributed by atoms with van der Waals surface area (Å²) in [6, 6.07) is 2.10. The molecule has 0 bridgehead atoms. The second-order valence-corrected chi connectivity index (χ2v) is 3.42. The van der Waals surface area contributed by atoms with E-state index < -0.39 is 11.6 Å². The summed E-state index contributed by atoms with van der Waals surface area (Å²) in [5.41, 5.74) is 1.10. The number of hydrogen-bond donors (Lipinski definition) is 0. The van der Waals surface area contributed by atoms with E-state index in [-0.39, 0.29) is 0 Å². The van der Waals surface area contributed by atoms with Crippen molar-refractivity contribution < 1.29 is 8.78 Å². The van der Waals surface area contributed by atoms with Crippen LogP contribution >= 0.6 is 11.6 Å². The van der Waals surface area contributed by atoms with E-state index in [0.29, 0.717) is 15.9 Å². The maximum absolute atomic E-state index is 12.9. The first-order valence-electron chi connectivity index (χ1n) is 3.99. The molecule has 0 saturated carbocycles. The largest absolute Gasteiger partial charge is 0.256 e. The monoisotopic (exact) mass is 213 g/mol. The molecule has 4 heteroatoms. The minimum absolute atomic E-state index is 0.361. The van der Waals surface area contributed by atoms with Crippen LogP contribution in [0, 0.1) is 18.6 Å². The maximum atomic E-state index is 12.9. The summed E-state index contributed by atoms with van der Waals surface area (Å²) in [4.78, 5) is 3.95. The molecule has 0 atom stereocenters. The lowest BCUT2D eigenvalue weighted by Crippen LogP contribution is -1.89. The van der Waals surface area contributed by atoms with E-state index in [1.807, 2.05) is 0 Å². The standard InChI is InChI=1S/C10H6ClF2N/c1-5-4-14-9-3-8(13)7(12)2-6(9)10(5)11/h2-4H,1H3. The molecule has 1 aromatic carbocycles. The molecule has 0 spiro atoms. The Morgan fingerprint density at radius 3 is 2.57 bits per heavy atom. The van der Waals surface area contributed by atoms with Crippen LogP contribution in [-0.2, 0) is 0 Å². The summed E-state index contributed by atoms with van der Waals surface area (Å²) in [6.45, 7) is 1.76. The number of nitrogens with zero attached hydrogens (tertiary/aromatic N) is 1. The molecule has 2 aromatic rings. The first-order chi connectivity index (χ1) is 6.59. The number of pyridine rings is 1. The van der Waals surface area contributed by atoms with Crippen LogP contribution in [0.5, 0.6) is 0 Å². The van der Waals surface area contributed by atoms with Crippen molar-refractivity contribution in [2.45, 2.75) is 6.92 Å². The molecule has 0 N–H and O–H groups in total. The van der Waals surface area contributed by atoms with Crippen molar-refractivity contribution in [1.82, 2.24) is 4.98 Å². The summed E-state index contributed by atoms with van der Waals surface area (Å²) in [6.07, 6.45) is 1.53. The van der Waals surface area contributed by atoms with E-state index in [0.717, 1.165) is 17.7 Å². The lowest BCUT2D eigenvalue weighted by molar-refractivity contribution is 0.510. The fourth-order valence-electron chi connectivity index (χ4n) is 1.25. The van der Waals surface area contributed by atoms with Crippen molar-refractivity contribution in [3.63, 3.8) is 0 Å². The second-order valence-electron chi connectivity index (χ2n) is 3.04. The summed E-state index contributed by atoms with van der Waals surface area (Å²) in [5, 5.41) is 0.847. The molecular weight excluding hydrogens is 208 g/mol. The Morgan fingerprint density at radius 1 is 1.21 bits per heavy atom. The molecule has 0 aliphatic heterocycles. The molecule has 0 fully saturated rings. The number of hydrogen-bond acceptors (Lipinski definition) is 1. The van der Waals surface area contributed by atoms with Gasteiger partial charge in [0.25, 0.3) is 0 Å². The molecule has 0 radical (unpaired) electrons. The molecule has 1 nitrogen and oxygen atoms in total. The lowest BCUT2D eigenvalue weighted by Gasteiger charge is -2.03. The van der Waals surface area contributed by atoms with Gasteiger partial charge in [-0.3, -0.25) is 4.98 Å². The van der Waals surface area contributed by atoms with Crippen LogP contribution in [-0.4, -0.2) is 4.98 Å². The van der Waals surface area contributed by atoms with E-state index in [2.05, 4.69) is 4.98 Å². The van der Waals surface area contributed by atoms with E-state index in [1.54, 1.807) is 6.92 Å². The zero-order valence-corrected chi connectivity index (χ0v) is 8.07. The minimum Gasteiger partial charge on any atom is -0.256 e. The molecule has 0 unspecified atom stereocenters. The van der Waals surface area contributed by atoms with E-state index in [9.17, 15) is 8.78 Å². The van der Waals surface area contributed by atoms with Crippen molar-refractivity contribution >= 4 is 22.5 Å². The first kappa shape index (κ1) is 9.34. The molecule has 0 aliphatic rings. The smallest absolute Gasteiger partial charge is 0.161 e. The summed E-state index contributed by atoms with van der Waals surface area (Å²) in [5.74, 6) is -1.82. The highest BCUT2D eigenvalue weighted by Gasteiger charge is 2.08. The van der Waals surface area contributed by atoms with Gasteiger partial charge in [-0.1, -0.05) is 11.6 Å². The van der Waals surface area contributed by atoms with Crippen LogP contribution in [0.2, 0.25) is 5.02 Å². The van der Waals surface area contributed by atoms with E-state index in [4.69, 9.17) is 11.6 Å². The highest BCUT2D eigenvalue weighted by atomic mass is 35.5. The van der Waals surface area contributed by atoms with Crippen molar-refractivity contribution in [3.8, 4) is 0 Å². The molecule has 0 aliphatic carbocycles. The van der Waals surface area contributed by atoms with Gasteiger partial charge in [0.05, 0.1) is 10.5 Å². The fraction of sp³-hybridized carbons (Fsp3) is 0.100. The Morgan fingerprint density at radius 2 is 1.86 bits per heavy atom. The SMILES string of the molecule is Cc1cnc2cc(F)c(F)cc2c1Cl. The van der Waals surface area contributed by atoms with Crippen molar-refractivity contribution in [2.24, 2.45) is 0 Å². The molecular formula is C10H6ClF2N. The Bertz CT molecular complexity index is 511. The highest BCUT2D eigenvalue weighted by Crippen LogP contribution is 2.26. The van der Waals surface area contributed by atoms with Gasteiger partial charge >= 0.3 is 0 Å². The molecule has 1 heterocycles. The number of aryl methyl sites for hydroxylation is 1. The number of halogens is 3. The zero-order chi connectivity index (χ0) is 10.3. The Balaban J connectivity index is 2.89. The van der Waals surface area contributed by atoms with Crippen LogP contribution in [0.3, 0.4) is 0 Å². The van der Waals surface area contributed by atoms with Gasteiger partial charge in [-0.15, -0.1) is 0 Å². The normalized spacial score (nSPS) is 10.9. The van der Waals surface area contributed by atoms with Crippen LogP contribution in [0.15, 0.2) is 18.3 Å². The lowest BCUT2D eigenvalue weighted by atomic mass is 10.1. The topological polar surface area (TPSA) is 12.9 Å². The molecule has 1 aromatic heterocycles. The zero-order valence-electron chi connectivity index (χ0n) is 7.31. The number of fused-ring (bicyclic) bond motifs is 1. The predicted octanol–water partition coefficient (Wildman–Crippen LogP) is 3.47. The van der Waals surface area contributed by atoms with Crippen LogP contribution in [0.25, 0.3) is 10.9 Å². The van der Waals surface area contributed by atoms with Gasteiger partial charge in [-0.2, -0.15) is 0 Å². The average Bonchev–Trinajstić information content (AvgIpc) is 2.15. The second kappa shape index (κ2) is 3.17. The van der Waals surface area contributed by atoms with Crippen LogP contribution in [0.4, 0.5) is 8.78 Å². The Kier molecular flexibility index (Phi) is 2.11. The van der Waals surface area contributed by atoms with Crippen LogP contribution in [0.1, 0.15) is 5.56 Å². The van der Waals surface area contributed by atoms with Gasteiger partial charge in [0.1, 0.15) is 0 Å². The Hall–Kier alpha value is -1.22. The molecule has 0 saturated heterocycles. The van der Waals surface area contributed by atoms with Gasteiger partial charge in [-0.25, -0.2) is 8.78 Å². The van der Waals surface area contributed by atoms with Gasteiger partial charge in [0.2, 0.25) is 0 Å². The van der Waals surface area contributed by atoms with E-state index >= 15 is 0 Å². The third-order valence-electron chi connectivity index (χ3n) is 2.02. The average molecular weight is 214 g/mol. The van der Waals surface area contributed by atoms with Gasteiger partial charge in [-0.05, 0) is 18.6 Å². The van der Waals surface area contributed by atoms with Crippen LogP contribution < -0.4 is 0 Å². The van der Waals surface area contributed by atoms with Gasteiger partial charge in [0.15, 0.2) is 11.6 Å².